The molecule has 4 heteroatoms. The largest absolute Gasteiger partial charge is 0.421 e. The Morgan fingerprint density at radius 2 is 2.18 bits per heavy atom. The second kappa shape index (κ2) is 4.99. The molecule has 17 heavy (non-hydrogen) atoms. The van der Waals surface area contributed by atoms with Crippen LogP contribution in [0.5, 0.6) is 11.8 Å². The van der Waals surface area contributed by atoms with Crippen LogP contribution in [-0.2, 0) is 13.0 Å². The number of rotatable bonds is 0. The monoisotopic (exact) mass is 231 g/mol. The first-order valence-corrected chi connectivity index (χ1v) is 5.98. The SMILES string of the molecule is CC.Cc1cnc2c(c1)CCn1nccc1O2. The normalized spacial score (nSPS) is 12.4. The van der Waals surface area contributed by atoms with Crippen molar-refractivity contribution in [3.8, 4) is 11.8 Å². The Balaban J connectivity index is 0.000000514. The molecule has 0 bridgehead atoms. The Morgan fingerprint density at radius 3 is 3.00 bits per heavy atom. The van der Waals surface area contributed by atoms with Crippen molar-refractivity contribution >= 4 is 0 Å². The number of hydrogen-bond donors (Lipinski definition) is 0. The molecule has 0 unspecified atom stereocenters. The summed E-state index contributed by atoms with van der Waals surface area (Å²) in [6.45, 7) is 6.89. The number of aromatic nitrogens is 3. The van der Waals surface area contributed by atoms with Gasteiger partial charge < -0.3 is 4.74 Å². The number of hydrogen-bond acceptors (Lipinski definition) is 3. The number of aryl methyl sites for hydroxylation is 3. The average molecular weight is 231 g/mol. The predicted octanol–water partition coefficient (Wildman–Crippen LogP) is 2.96. The van der Waals surface area contributed by atoms with Crippen LogP contribution >= 0.6 is 0 Å². The van der Waals surface area contributed by atoms with Gasteiger partial charge in [0.25, 0.3) is 0 Å². The van der Waals surface area contributed by atoms with Gasteiger partial charge in [-0.3, -0.25) is 0 Å². The highest BCUT2D eigenvalue weighted by molar-refractivity contribution is 5.33. The van der Waals surface area contributed by atoms with E-state index in [-0.39, 0.29) is 0 Å². The van der Waals surface area contributed by atoms with Crippen molar-refractivity contribution in [2.45, 2.75) is 33.7 Å². The summed E-state index contributed by atoms with van der Waals surface area (Å²) in [6, 6.07) is 3.98. The highest BCUT2D eigenvalue weighted by Gasteiger charge is 2.15. The quantitative estimate of drug-likeness (QED) is 0.699. The summed E-state index contributed by atoms with van der Waals surface area (Å²) in [5.74, 6) is 1.48. The highest BCUT2D eigenvalue weighted by atomic mass is 16.5. The van der Waals surface area contributed by atoms with Crippen LogP contribution in [0.3, 0.4) is 0 Å². The number of ether oxygens (including phenoxy) is 1. The third-order valence-electron chi connectivity index (χ3n) is 2.53. The van der Waals surface area contributed by atoms with Crippen molar-refractivity contribution in [3.63, 3.8) is 0 Å². The second-order valence-electron chi connectivity index (χ2n) is 3.72. The molecule has 90 valence electrons. The van der Waals surface area contributed by atoms with Crippen LogP contribution in [0.2, 0.25) is 0 Å². The summed E-state index contributed by atoms with van der Waals surface area (Å²) in [6.07, 6.45) is 4.48. The number of fused-ring (bicyclic) bond motifs is 2. The first-order valence-electron chi connectivity index (χ1n) is 5.98. The Kier molecular flexibility index (Phi) is 3.42. The van der Waals surface area contributed by atoms with Gasteiger partial charge in [0.15, 0.2) is 0 Å². The molecule has 0 amide bonds. The van der Waals surface area contributed by atoms with Gasteiger partial charge in [-0.25, -0.2) is 9.67 Å². The lowest BCUT2D eigenvalue weighted by molar-refractivity contribution is 0.415. The van der Waals surface area contributed by atoms with Crippen molar-refractivity contribution in [1.82, 2.24) is 14.8 Å². The van der Waals surface area contributed by atoms with Gasteiger partial charge in [0.2, 0.25) is 11.8 Å². The minimum Gasteiger partial charge on any atom is -0.421 e. The molecule has 0 fully saturated rings. The van der Waals surface area contributed by atoms with E-state index in [0.717, 1.165) is 30.0 Å². The van der Waals surface area contributed by atoms with E-state index in [9.17, 15) is 0 Å². The maximum Gasteiger partial charge on any atom is 0.224 e. The predicted molar refractivity (Wildman–Crippen MR) is 66.3 cm³/mol. The van der Waals surface area contributed by atoms with Crippen molar-refractivity contribution in [2.75, 3.05) is 0 Å². The lowest BCUT2D eigenvalue weighted by Crippen LogP contribution is -2.00. The van der Waals surface area contributed by atoms with Crippen LogP contribution in [0.15, 0.2) is 24.5 Å². The summed E-state index contributed by atoms with van der Waals surface area (Å²) in [7, 11) is 0. The molecule has 0 saturated carbocycles. The molecular weight excluding hydrogens is 214 g/mol. The van der Waals surface area contributed by atoms with E-state index in [1.165, 1.54) is 0 Å². The lowest BCUT2D eigenvalue weighted by atomic mass is 10.1. The van der Waals surface area contributed by atoms with E-state index < -0.39 is 0 Å². The third kappa shape index (κ3) is 2.30. The highest BCUT2D eigenvalue weighted by Crippen LogP contribution is 2.27. The fourth-order valence-electron chi connectivity index (χ4n) is 1.79. The van der Waals surface area contributed by atoms with Crippen LogP contribution in [0.25, 0.3) is 0 Å². The Morgan fingerprint density at radius 1 is 1.35 bits per heavy atom. The van der Waals surface area contributed by atoms with E-state index in [1.807, 2.05) is 37.7 Å². The molecule has 2 aromatic heterocycles. The van der Waals surface area contributed by atoms with Gasteiger partial charge in [-0.1, -0.05) is 13.8 Å². The molecule has 2 aromatic rings. The number of nitrogens with zero attached hydrogens (tertiary/aromatic N) is 3. The fraction of sp³-hybridized carbons (Fsp3) is 0.385. The zero-order chi connectivity index (χ0) is 12.3. The maximum atomic E-state index is 5.69. The van der Waals surface area contributed by atoms with Crippen LogP contribution in [0.1, 0.15) is 25.0 Å². The van der Waals surface area contributed by atoms with Crippen LogP contribution < -0.4 is 4.74 Å². The Hall–Kier alpha value is -1.84. The van der Waals surface area contributed by atoms with Gasteiger partial charge in [0.1, 0.15) is 0 Å². The van der Waals surface area contributed by atoms with Crippen LogP contribution in [0.4, 0.5) is 0 Å². The zero-order valence-electron chi connectivity index (χ0n) is 10.5. The fourth-order valence-corrected chi connectivity index (χ4v) is 1.79. The van der Waals surface area contributed by atoms with Crippen molar-refractivity contribution in [1.29, 1.82) is 0 Å². The lowest BCUT2D eigenvalue weighted by Gasteiger charge is -2.04. The van der Waals surface area contributed by atoms with Crippen molar-refractivity contribution < 1.29 is 4.74 Å². The van der Waals surface area contributed by atoms with Gasteiger partial charge in [-0.05, 0) is 25.0 Å². The van der Waals surface area contributed by atoms with E-state index in [0.29, 0.717) is 5.88 Å². The molecule has 1 aliphatic heterocycles. The summed E-state index contributed by atoms with van der Waals surface area (Å²) < 4.78 is 7.54. The van der Waals surface area contributed by atoms with Crippen molar-refractivity contribution in [3.05, 3.63) is 35.7 Å². The van der Waals surface area contributed by atoms with Gasteiger partial charge in [-0.15, -0.1) is 0 Å². The maximum absolute atomic E-state index is 5.69. The van der Waals surface area contributed by atoms with Gasteiger partial charge in [0.05, 0.1) is 6.20 Å². The molecule has 3 rings (SSSR count). The van der Waals surface area contributed by atoms with Crippen molar-refractivity contribution in [2.24, 2.45) is 0 Å². The van der Waals surface area contributed by atoms with E-state index >= 15 is 0 Å². The van der Waals surface area contributed by atoms with Gasteiger partial charge in [-0.2, -0.15) is 5.10 Å². The molecule has 1 aliphatic rings. The summed E-state index contributed by atoms with van der Waals surface area (Å²) in [5, 5.41) is 4.19. The second-order valence-corrected chi connectivity index (χ2v) is 3.72. The standard InChI is InChI=1S/C11H11N3O.C2H6/c1-8-6-9-3-5-14-10(2-4-13-14)15-11(9)12-7-8;1-2/h2,4,6-7H,3,5H2,1H3;1-2H3. The summed E-state index contributed by atoms with van der Waals surface area (Å²) >= 11 is 0. The molecule has 4 nitrogen and oxygen atoms in total. The number of pyridine rings is 1. The minimum atomic E-state index is 0.708. The third-order valence-corrected chi connectivity index (χ3v) is 2.53. The Labute approximate surface area is 101 Å². The van der Waals surface area contributed by atoms with Gasteiger partial charge >= 0.3 is 0 Å². The molecule has 0 radical (unpaired) electrons. The van der Waals surface area contributed by atoms with E-state index in [4.69, 9.17) is 4.74 Å². The smallest absolute Gasteiger partial charge is 0.224 e. The first kappa shape index (κ1) is 11.6. The van der Waals surface area contributed by atoms with Crippen LogP contribution in [0, 0.1) is 6.92 Å². The molecule has 0 spiro atoms. The zero-order valence-corrected chi connectivity index (χ0v) is 10.5. The van der Waals surface area contributed by atoms with E-state index in [1.54, 1.807) is 6.20 Å². The molecular formula is C13H17N3O. The van der Waals surface area contributed by atoms with Gasteiger partial charge in [0, 0.05) is 24.4 Å². The average Bonchev–Trinajstić information content (AvgIpc) is 2.73. The van der Waals surface area contributed by atoms with Crippen LogP contribution in [-0.4, -0.2) is 14.8 Å². The topological polar surface area (TPSA) is 39.9 Å². The molecule has 0 N–H and O–H groups in total. The summed E-state index contributed by atoms with van der Waals surface area (Å²) in [4.78, 5) is 4.29. The summed E-state index contributed by atoms with van der Waals surface area (Å²) in [5.41, 5.74) is 2.32. The van der Waals surface area contributed by atoms with E-state index in [2.05, 4.69) is 16.1 Å². The Bertz CT molecular complexity index is 505. The molecule has 3 heterocycles. The molecule has 0 atom stereocenters. The molecule has 0 aliphatic carbocycles. The molecule has 0 aromatic carbocycles. The minimum absolute atomic E-state index is 0.708. The first-order chi connectivity index (χ1) is 8.33. The molecule has 0 saturated heterocycles.